The predicted molar refractivity (Wildman–Crippen MR) is 99.4 cm³/mol. The number of phenols is 1. The summed E-state index contributed by atoms with van der Waals surface area (Å²) in [5.74, 6) is 0.385. The van der Waals surface area contributed by atoms with E-state index in [2.05, 4.69) is 13.8 Å². The number of ether oxygens (including phenoxy) is 1. The van der Waals surface area contributed by atoms with Gasteiger partial charge in [-0.2, -0.15) is 0 Å². The Bertz CT molecular complexity index is 454. The maximum Gasteiger partial charge on any atom is 0.341 e. The van der Waals surface area contributed by atoms with Crippen molar-refractivity contribution in [1.29, 1.82) is 0 Å². The van der Waals surface area contributed by atoms with Crippen LogP contribution in [-0.2, 0) is 4.74 Å². The van der Waals surface area contributed by atoms with Crippen LogP contribution in [0.25, 0.3) is 0 Å². The standard InChI is InChI=1S/C21H34O3/c1-18(2)14-10-8-6-4-3-5-7-9-13-17-24-21(23)19-15-11-12-16-20(19)22/h11-12,15-16,18,22H,3-10,13-14,17H2,1-2H3. The van der Waals surface area contributed by atoms with Gasteiger partial charge in [-0.1, -0.05) is 83.8 Å². The third-order valence-corrected chi connectivity index (χ3v) is 4.28. The number of carbonyl (C=O) groups is 1. The van der Waals surface area contributed by atoms with E-state index in [0.717, 1.165) is 18.8 Å². The van der Waals surface area contributed by atoms with Crippen LogP contribution in [0.4, 0.5) is 0 Å². The SMILES string of the molecule is CC(C)CCCCCCCCCCCOC(=O)c1ccccc1O. The highest BCUT2D eigenvalue weighted by Gasteiger charge is 2.10. The second-order valence-corrected chi connectivity index (χ2v) is 7.02. The number of carbonyl (C=O) groups excluding carboxylic acids is 1. The van der Waals surface area contributed by atoms with Crippen molar-refractivity contribution in [3.05, 3.63) is 29.8 Å². The number of benzene rings is 1. The van der Waals surface area contributed by atoms with E-state index in [0.29, 0.717) is 6.61 Å². The molecule has 0 aliphatic carbocycles. The fraction of sp³-hybridized carbons (Fsp3) is 0.667. The van der Waals surface area contributed by atoms with Crippen LogP contribution in [0.3, 0.4) is 0 Å². The highest BCUT2D eigenvalue weighted by Crippen LogP contribution is 2.17. The Morgan fingerprint density at radius 2 is 1.46 bits per heavy atom. The number of phenolic OH excluding ortho intramolecular Hbond substituents is 1. The summed E-state index contributed by atoms with van der Waals surface area (Å²) < 4.78 is 5.20. The fourth-order valence-electron chi connectivity index (χ4n) is 2.78. The van der Waals surface area contributed by atoms with Gasteiger partial charge in [-0.15, -0.1) is 0 Å². The Balaban J connectivity index is 1.90. The smallest absolute Gasteiger partial charge is 0.341 e. The summed E-state index contributed by atoms with van der Waals surface area (Å²) in [5.41, 5.74) is 0.245. The molecule has 1 N–H and O–H groups in total. The molecule has 1 aromatic rings. The Hall–Kier alpha value is -1.51. The number of para-hydroxylation sites is 1. The van der Waals surface area contributed by atoms with Crippen LogP contribution < -0.4 is 0 Å². The lowest BCUT2D eigenvalue weighted by Gasteiger charge is -2.06. The molecule has 0 unspecified atom stereocenters. The lowest BCUT2D eigenvalue weighted by atomic mass is 10.0. The summed E-state index contributed by atoms with van der Waals surface area (Å²) in [5, 5.41) is 9.58. The maximum atomic E-state index is 11.8. The molecule has 3 nitrogen and oxygen atoms in total. The van der Waals surface area contributed by atoms with Crippen LogP contribution in [0.1, 0.15) is 88.4 Å². The van der Waals surface area contributed by atoms with Gasteiger partial charge in [0.25, 0.3) is 0 Å². The molecular weight excluding hydrogens is 300 g/mol. The van der Waals surface area contributed by atoms with Gasteiger partial charge in [0.2, 0.25) is 0 Å². The first-order chi connectivity index (χ1) is 11.6. The Labute approximate surface area is 147 Å². The molecule has 0 heterocycles. The molecule has 0 bridgehead atoms. The van der Waals surface area contributed by atoms with Crippen LogP contribution >= 0.6 is 0 Å². The van der Waals surface area contributed by atoms with Crippen LogP contribution in [0.2, 0.25) is 0 Å². The highest BCUT2D eigenvalue weighted by atomic mass is 16.5. The largest absolute Gasteiger partial charge is 0.507 e. The molecule has 0 spiro atoms. The second-order valence-electron chi connectivity index (χ2n) is 7.02. The van der Waals surface area contributed by atoms with Crippen molar-refractivity contribution < 1.29 is 14.6 Å². The third kappa shape index (κ3) is 9.59. The van der Waals surface area contributed by atoms with Crippen molar-refractivity contribution >= 4 is 5.97 Å². The summed E-state index contributed by atoms with van der Waals surface area (Å²) in [7, 11) is 0. The molecule has 0 aliphatic rings. The van der Waals surface area contributed by atoms with E-state index in [1.54, 1.807) is 18.2 Å². The highest BCUT2D eigenvalue weighted by molar-refractivity contribution is 5.92. The zero-order chi connectivity index (χ0) is 17.6. The van der Waals surface area contributed by atoms with Gasteiger partial charge in [-0.3, -0.25) is 0 Å². The molecule has 0 aliphatic heterocycles. The maximum absolute atomic E-state index is 11.8. The van der Waals surface area contributed by atoms with E-state index in [-0.39, 0.29) is 11.3 Å². The van der Waals surface area contributed by atoms with E-state index < -0.39 is 5.97 Å². The summed E-state index contributed by atoms with van der Waals surface area (Å²) in [6.45, 7) is 5.02. The summed E-state index contributed by atoms with van der Waals surface area (Å²) >= 11 is 0. The molecule has 24 heavy (non-hydrogen) atoms. The molecule has 0 saturated carbocycles. The van der Waals surface area contributed by atoms with Crippen molar-refractivity contribution in [2.45, 2.75) is 78.1 Å². The van der Waals surface area contributed by atoms with Crippen molar-refractivity contribution in [2.75, 3.05) is 6.61 Å². The number of unbranched alkanes of at least 4 members (excludes halogenated alkanes) is 8. The van der Waals surface area contributed by atoms with E-state index in [9.17, 15) is 9.90 Å². The van der Waals surface area contributed by atoms with Crippen molar-refractivity contribution in [2.24, 2.45) is 5.92 Å². The topological polar surface area (TPSA) is 46.5 Å². The lowest BCUT2D eigenvalue weighted by Crippen LogP contribution is -2.06. The quantitative estimate of drug-likeness (QED) is 0.350. The van der Waals surface area contributed by atoms with Gasteiger partial charge in [0, 0.05) is 0 Å². The molecule has 136 valence electrons. The second kappa shape index (κ2) is 12.9. The molecule has 0 radical (unpaired) electrons. The molecule has 1 aromatic carbocycles. The zero-order valence-corrected chi connectivity index (χ0v) is 15.4. The van der Waals surface area contributed by atoms with Crippen molar-refractivity contribution in [3.8, 4) is 5.75 Å². The minimum Gasteiger partial charge on any atom is -0.507 e. The first-order valence-electron chi connectivity index (χ1n) is 9.56. The van der Waals surface area contributed by atoms with Gasteiger partial charge in [-0.05, 0) is 24.5 Å². The average molecular weight is 334 g/mol. The van der Waals surface area contributed by atoms with Crippen LogP contribution in [0, 0.1) is 5.92 Å². The Morgan fingerprint density at radius 3 is 2.04 bits per heavy atom. The molecule has 0 amide bonds. The van der Waals surface area contributed by atoms with E-state index in [1.165, 1.54) is 57.4 Å². The number of aromatic hydroxyl groups is 1. The molecular formula is C21H34O3. The monoisotopic (exact) mass is 334 g/mol. The van der Waals surface area contributed by atoms with Gasteiger partial charge in [0.05, 0.1) is 6.61 Å². The van der Waals surface area contributed by atoms with E-state index in [4.69, 9.17) is 4.74 Å². The minimum absolute atomic E-state index is 0.0177. The fourth-order valence-corrected chi connectivity index (χ4v) is 2.78. The van der Waals surface area contributed by atoms with Crippen molar-refractivity contribution in [1.82, 2.24) is 0 Å². The summed E-state index contributed by atoms with van der Waals surface area (Å²) in [4.78, 5) is 11.8. The van der Waals surface area contributed by atoms with Gasteiger partial charge >= 0.3 is 5.97 Å². The molecule has 0 atom stereocenters. The average Bonchev–Trinajstić information content (AvgIpc) is 2.55. The van der Waals surface area contributed by atoms with Gasteiger partial charge in [-0.25, -0.2) is 4.79 Å². The van der Waals surface area contributed by atoms with Gasteiger partial charge in [0.1, 0.15) is 11.3 Å². The van der Waals surface area contributed by atoms with Gasteiger partial charge < -0.3 is 9.84 Å². The normalized spacial score (nSPS) is 11.0. The molecule has 1 rings (SSSR count). The molecule has 3 heteroatoms. The Kier molecular flexibility index (Phi) is 11.0. The molecule has 0 aromatic heterocycles. The van der Waals surface area contributed by atoms with E-state index >= 15 is 0 Å². The van der Waals surface area contributed by atoms with Crippen LogP contribution in [-0.4, -0.2) is 17.7 Å². The zero-order valence-electron chi connectivity index (χ0n) is 15.4. The Morgan fingerprint density at radius 1 is 0.917 bits per heavy atom. The van der Waals surface area contributed by atoms with Crippen molar-refractivity contribution in [3.63, 3.8) is 0 Å². The molecule has 0 saturated heterocycles. The minimum atomic E-state index is -0.436. The van der Waals surface area contributed by atoms with E-state index in [1.807, 2.05) is 0 Å². The molecule has 0 fully saturated rings. The van der Waals surface area contributed by atoms with Crippen LogP contribution in [0.5, 0.6) is 5.75 Å². The predicted octanol–water partition coefficient (Wildman–Crippen LogP) is 6.11. The van der Waals surface area contributed by atoms with Crippen LogP contribution in [0.15, 0.2) is 24.3 Å². The summed E-state index contributed by atoms with van der Waals surface area (Å²) in [6, 6.07) is 6.49. The van der Waals surface area contributed by atoms with Gasteiger partial charge in [0.15, 0.2) is 0 Å². The first kappa shape index (κ1) is 20.5. The number of rotatable bonds is 13. The summed E-state index contributed by atoms with van der Waals surface area (Å²) in [6.07, 6.45) is 12.6. The third-order valence-electron chi connectivity index (χ3n) is 4.28. The lowest BCUT2D eigenvalue weighted by molar-refractivity contribution is 0.0494. The first-order valence-corrected chi connectivity index (χ1v) is 9.56. The number of hydrogen-bond acceptors (Lipinski definition) is 3. The number of esters is 1. The number of hydrogen-bond donors (Lipinski definition) is 1.